The normalized spacial score (nSPS) is 10.7. The third-order valence-electron chi connectivity index (χ3n) is 4.56. The molecule has 0 saturated carbocycles. The molecular formula is C20H27N3O4. The molecule has 0 unspecified atom stereocenters. The van der Waals surface area contributed by atoms with Gasteiger partial charge in [0.25, 0.3) is 0 Å². The number of rotatable bonds is 9. The number of aromatic nitrogens is 1. The molecule has 0 aliphatic rings. The van der Waals surface area contributed by atoms with Crippen LogP contribution in [0.5, 0.6) is 0 Å². The first kappa shape index (κ1) is 20.5. The van der Waals surface area contributed by atoms with Gasteiger partial charge in [0.05, 0.1) is 16.9 Å². The standard InChI is InChI=1S/C20H27N3O4/c1-5-6-7-19(24)21-15-8-9-18(17(12-15)20(25)26)23(4)11-10-16-13(2)22-27-14(16)3/h8-9,12H,5-7,10-11H2,1-4H3,(H,21,24)(H,25,26). The monoisotopic (exact) mass is 373 g/mol. The summed E-state index contributed by atoms with van der Waals surface area (Å²) in [5.41, 5.74) is 3.14. The maximum Gasteiger partial charge on any atom is 0.337 e. The van der Waals surface area contributed by atoms with Crippen LogP contribution < -0.4 is 10.2 Å². The van der Waals surface area contributed by atoms with Crippen molar-refractivity contribution in [2.75, 3.05) is 23.8 Å². The average molecular weight is 373 g/mol. The molecule has 1 amide bonds. The number of carboxylic acids is 1. The quantitative estimate of drug-likeness (QED) is 0.694. The predicted molar refractivity (Wildman–Crippen MR) is 105 cm³/mol. The summed E-state index contributed by atoms with van der Waals surface area (Å²) in [4.78, 5) is 25.5. The second-order valence-corrected chi connectivity index (χ2v) is 6.66. The van der Waals surface area contributed by atoms with Gasteiger partial charge in [0.2, 0.25) is 5.91 Å². The number of amides is 1. The topological polar surface area (TPSA) is 95.7 Å². The number of aryl methyl sites for hydroxylation is 2. The molecule has 0 spiro atoms. The minimum atomic E-state index is -1.03. The highest BCUT2D eigenvalue weighted by Gasteiger charge is 2.17. The number of carbonyl (C=O) groups excluding carboxylic acids is 1. The van der Waals surface area contributed by atoms with E-state index in [4.69, 9.17) is 4.52 Å². The Balaban J connectivity index is 2.13. The van der Waals surface area contributed by atoms with Gasteiger partial charge in [-0.25, -0.2) is 4.79 Å². The van der Waals surface area contributed by atoms with Crippen LogP contribution in [0.3, 0.4) is 0 Å². The van der Waals surface area contributed by atoms with Gasteiger partial charge >= 0.3 is 5.97 Å². The first-order valence-electron chi connectivity index (χ1n) is 9.13. The lowest BCUT2D eigenvalue weighted by molar-refractivity contribution is -0.116. The number of likely N-dealkylation sites (N-methyl/N-ethyl adjacent to an activating group) is 1. The van der Waals surface area contributed by atoms with Crippen molar-refractivity contribution in [1.29, 1.82) is 0 Å². The number of benzene rings is 1. The molecule has 7 heteroatoms. The second-order valence-electron chi connectivity index (χ2n) is 6.66. The average Bonchev–Trinajstić information content (AvgIpc) is 2.95. The molecule has 146 valence electrons. The van der Waals surface area contributed by atoms with Crippen LogP contribution >= 0.6 is 0 Å². The Morgan fingerprint density at radius 1 is 1.30 bits per heavy atom. The van der Waals surface area contributed by atoms with Crippen LogP contribution in [0.15, 0.2) is 22.7 Å². The molecule has 2 N–H and O–H groups in total. The van der Waals surface area contributed by atoms with E-state index in [0.717, 1.165) is 29.9 Å². The Hall–Kier alpha value is -2.83. The lowest BCUT2D eigenvalue weighted by Crippen LogP contribution is -2.23. The molecule has 1 aromatic heterocycles. The highest BCUT2D eigenvalue weighted by molar-refractivity contribution is 5.98. The predicted octanol–water partition coefficient (Wildman–Crippen LogP) is 3.80. The van der Waals surface area contributed by atoms with Gasteiger partial charge in [0, 0.05) is 31.3 Å². The number of aromatic carboxylic acids is 1. The molecule has 2 aromatic rings. The van der Waals surface area contributed by atoms with Crippen LogP contribution in [0.25, 0.3) is 0 Å². The van der Waals surface area contributed by atoms with E-state index in [1.54, 1.807) is 12.1 Å². The first-order chi connectivity index (χ1) is 12.8. The van der Waals surface area contributed by atoms with E-state index in [2.05, 4.69) is 10.5 Å². The van der Waals surface area contributed by atoms with Crippen molar-refractivity contribution < 1.29 is 19.2 Å². The van der Waals surface area contributed by atoms with Crippen LogP contribution in [-0.4, -0.2) is 35.7 Å². The van der Waals surface area contributed by atoms with E-state index in [1.807, 2.05) is 32.7 Å². The number of carboxylic acid groups (broad SMARTS) is 1. The molecule has 2 rings (SSSR count). The molecule has 27 heavy (non-hydrogen) atoms. The van der Waals surface area contributed by atoms with E-state index in [9.17, 15) is 14.7 Å². The number of nitrogens with zero attached hydrogens (tertiary/aromatic N) is 2. The van der Waals surface area contributed by atoms with Gasteiger partial charge in [0.1, 0.15) is 5.76 Å². The summed E-state index contributed by atoms with van der Waals surface area (Å²) in [6, 6.07) is 4.97. The van der Waals surface area contributed by atoms with Crippen LogP contribution in [0, 0.1) is 13.8 Å². The summed E-state index contributed by atoms with van der Waals surface area (Å²) >= 11 is 0. The fraction of sp³-hybridized carbons (Fsp3) is 0.450. The second kappa shape index (κ2) is 9.21. The third kappa shape index (κ3) is 5.32. The lowest BCUT2D eigenvalue weighted by Gasteiger charge is -2.22. The number of hydrogen-bond acceptors (Lipinski definition) is 5. The van der Waals surface area contributed by atoms with E-state index >= 15 is 0 Å². The number of carbonyl (C=O) groups is 2. The summed E-state index contributed by atoms with van der Waals surface area (Å²) in [7, 11) is 1.85. The maximum atomic E-state index is 11.9. The van der Waals surface area contributed by atoms with Gasteiger partial charge in [-0.15, -0.1) is 0 Å². The van der Waals surface area contributed by atoms with Gasteiger partial charge in [-0.05, 0) is 44.9 Å². The van der Waals surface area contributed by atoms with Crippen molar-refractivity contribution in [3.63, 3.8) is 0 Å². The highest BCUT2D eigenvalue weighted by Crippen LogP contribution is 2.25. The van der Waals surface area contributed by atoms with Crippen LogP contribution in [0.4, 0.5) is 11.4 Å². The SMILES string of the molecule is CCCCC(=O)Nc1ccc(N(C)CCc2c(C)noc2C)c(C(=O)O)c1. The molecule has 0 aliphatic carbocycles. The molecule has 1 heterocycles. The molecule has 1 aromatic carbocycles. The Kier molecular flexibility index (Phi) is 6.98. The minimum absolute atomic E-state index is 0.104. The Bertz CT molecular complexity index is 794. The zero-order valence-electron chi connectivity index (χ0n) is 16.3. The van der Waals surface area contributed by atoms with Gasteiger partial charge in [-0.2, -0.15) is 0 Å². The van der Waals surface area contributed by atoms with Crippen molar-refractivity contribution >= 4 is 23.3 Å². The number of unbranched alkanes of at least 4 members (excludes halogenated alkanes) is 1. The fourth-order valence-corrected chi connectivity index (χ4v) is 2.94. The van der Waals surface area contributed by atoms with Crippen molar-refractivity contribution in [2.24, 2.45) is 0 Å². The van der Waals surface area contributed by atoms with Gasteiger partial charge < -0.3 is 19.8 Å². The maximum absolute atomic E-state index is 11.9. The Morgan fingerprint density at radius 3 is 2.63 bits per heavy atom. The van der Waals surface area contributed by atoms with Gasteiger partial charge in [-0.1, -0.05) is 18.5 Å². The van der Waals surface area contributed by atoms with Crippen LogP contribution in [-0.2, 0) is 11.2 Å². The summed E-state index contributed by atoms with van der Waals surface area (Å²) in [6.07, 6.45) is 2.87. The number of hydrogen-bond donors (Lipinski definition) is 2. The molecule has 0 bridgehead atoms. The first-order valence-corrected chi connectivity index (χ1v) is 9.13. The highest BCUT2D eigenvalue weighted by atomic mass is 16.5. The molecule has 7 nitrogen and oxygen atoms in total. The molecular weight excluding hydrogens is 346 g/mol. The Morgan fingerprint density at radius 2 is 2.04 bits per heavy atom. The van der Waals surface area contributed by atoms with Gasteiger partial charge in [-0.3, -0.25) is 4.79 Å². The van der Waals surface area contributed by atoms with Crippen molar-refractivity contribution in [2.45, 2.75) is 46.5 Å². The molecule has 0 radical (unpaired) electrons. The molecule has 0 fully saturated rings. The van der Waals surface area contributed by atoms with E-state index < -0.39 is 5.97 Å². The van der Waals surface area contributed by atoms with E-state index in [1.165, 1.54) is 6.07 Å². The zero-order chi connectivity index (χ0) is 20.0. The van der Waals surface area contributed by atoms with Crippen LogP contribution in [0.2, 0.25) is 0 Å². The molecule has 0 saturated heterocycles. The Labute approximate surface area is 159 Å². The van der Waals surface area contributed by atoms with Crippen LogP contribution in [0.1, 0.15) is 53.6 Å². The molecule has 0 atom stereocenters. The van der Waals surface area contributed by atoms with Crippen molar-refractivity contribution in [3.05, 3.63) is 40.8 Å². The summed E-state index contributed by atoms with van der Waals surface area (Å²) in [5, 5.41) is 16.3. The minimum Gasteiger partial charge on any atom is -0.478 e. The van der Waals surface area contributed by atoms with Gasteiger partial charge in [0.15, 0.2) is 0 Å². The lowest BCUT2D eigenvalue weighted by atomic mass is 10.1. The summed E-state index contributed by atoms with van der Waals surface area (Å²) < 4.78 is 5.17. The molecule has 0 aliphatic heterocycles. The van der Waals surface area contributed by atoms with Crippen molar-refractivity contribution in [3.8, 4) is 0 Å². The number of anilines is 2. The largest absolute Gasteiger partial charge is 0.478 e. The summed E-state index contributed by atoms with van der Waals surface area (Å²) in [5.74, 6) is -0.351. The smallest absolute Gasteiger partial charge is 0.337 e. The summed E-state index contributed by atoms with van der Waals surface area (Å²) in [6.45, 7) is 6.40. The fourth-order valence-electron chi connectivity index (χ4n) is 2.94. The zero-order valence-corrected chi connectivity index (χ0v) is 16.3. The van der Waals surface area contributed by atoms with Crippen molar-refractivity contribution in [1.82, 2.24) is 5.16 Å². The third-order valence-corrected chi connectivity index (χ3v) is 4.56. The number of nitrogens with one attached hydrogen (secondary N) is 1. The van der Waals surface area contributed by atoms with E-state index in [-0.39, 0.29) is 11.5 Å². The van der Waals surface area contributed by atoms with E-state index in [0.29, 0.717) is 30.8 Å².